The third-order valence-corrected chi connectivity index (χ3v) is 4.03. The van der Waals surface area contributed by atoms with Gasteiger partial charge in [-0.25, -0.2) is 4.39 Å². The summed E-state index contributed by atoms with van der Waals surface area (Å²) < 4.78 is 13.6. The first kappa shape index (κ1) is 16.7. The molecule has 0 bridgehead atoms. The standard InChI is InChI=1S/C15H18ClFN2O3/c1-9(20)10-3-2-6-19(8-10)15(22)14(21)18-13-7-11(16)4-5-12(13)17/h4-5,7,9-10,20H,2-3,6,8H2,1H3,(H,18,21). The Morgan fingerprint density at radius 1 is 1.50 bits per heavy atom. The summed E-state index contributed by atoms with van der Waals surface area (Å²) in [7, 11) is 0. The molecule has 2 N–H and O–H groups in total. The number of amides is 2. The molecule has 1 heterocycles. The van der Waals surface area contributed by atoms with Gasteiger partial charge in [-0.3, -0.25) is 9.59 Å². The van der Waals surface area contributed by atoms with Crippen molar-refractivity contribution < 1.29 is 19.1 Å². The fraction of sp³-hybridized carbons (Fsp3) is 0.467. The molecule has 0 saturated carbocycles. The molecule has 22 heavy (non-hydrogen) atoms. The maximum absolute atomic E-state index is 13.6. The summed E-state index contributed by atoms with van der Waals surface area (Å²) in [5.41, 5.74) is -0.130. The molecule has 1 aliphatic rings. The fourth-order valence-corrected chi connectivity index (χ4v) is 2.67. The molecule has 5 nitrogen and oxygen atoms in total. The van der Waals surface area contributed by atoms with E-state index in [4.69, 9.17) is 11.6 Å². The number of hydrogen-bond acceptors (Lipinski definition) is 3. The molecule has 1 saturated heterocycles. The molecule has 0 aromatic heterocycles. The van der Waals surface area contributed by atoms with Gasteiger partial charge in [0.1, 0.15) is 5.82 Å². The van der Waals surface area contributed by atoms with Crippen LogP contribution in [0.15, 0.2) is 18.2 Å². The summed E-state index contributed by atoms with van der Waals surface area (Å²) in [4.78, 5) is 25.5. The number of carbonyl (C=O) groups excluding carboxylic acids is 2. The van der Waals surface area contributed by atoms with Crippen LogP contribution >= 0.6 is 11.6 Å². The van der Waals surface area contributed by atoms with Crippen molar-refractivity contribution in [2.24, 2.45) is 5.92 Å². The quantitative estimate of drug-likeness (QED) is 0.816. The highest BCUT2D eigenvalue weighted by atomic mass is 35.5. The number of anilines is 1. The number of aliphatic hydroxyl groups excluding tert-OH is 1. The van der Waals surface area contributed by atoms with E-state index in [1.807, 2.05) is 0 Å². The van der Waals surface area contributed by atoms with E-state index in [9.17, 15) is 19.1 Å². The Morgan fingerprint density at radius 2 is 2.23 bits per heavy atom. The highest BCUT2D eigenvalue weighted by Crippen LogP contribution is 2.21. The van der Waals surface area contributed by atoms with E-state index >= 15 is 0 Å². The molecule has 1 aromatic rings. The van der Waals surface area contributed by atoms with E-state index in [0.717, 1.165) is 18.9 Å². The highest BCUT2D eigenvalue weighted by molar-refractivity contribution is 6.39. The normalized spacial score (nSPS) is 19.6. The first-order valence-corrected chi connectivity index (χ1v) is 7.49. The van der Waals surface area contributed by atoms with Crippen LogP contribution in [0.3, 0.4) is 0 Å². The molecule has 1 fully saturated rings. The van der Waals surface area contributed by atoms with Crippen LogP contribution in [0.4, 0.5) is 10.1 Å². The Labute approximate surface area is 133 Å². The predicted octanol–water partition coefficient (Wildman–Crippen LogP) is 2.04. The fourth-order valence-electron chi connectivity index (χ4n) is 2.50. The molecule has 2 amide bonds. The number of likely N-dealkylation sites (tertiary alicyclic amines) is 1. The van der Waals surface area contributed by atoms with Crippen molar-refractivity contribution in [3.05, 3.63) is 29.0 Å². The molecule has 0 radical (unpaired) electrons. The molecule has 2 atom stereocenters. The van der Waals surface area contributed by atoms with Crippen molar-refractivity contribution in [2.45, 2.75) is 25.9 Å². The summed E-state index contributed by atoms with van der Waals surface area (Å²) in [5, 5.41) is 12.1. The van der Waals surface area contributed by atoms with Crippen LogP contribution in [0.1, 0.15) is 19.8 Å². The number of halogens is 2. The Morgan fingerprint density at radius 3 is 2.91 bits per heavy atom. The first-order valence-electron chi connectivity index (χ1n) is 7.12. The van der Waals surface area contributed by atoms with Gasteiger partial charge in [-0.05, 0) is 38.0 Å². The molecule has 2 rings (SSSR count). The van der Waals surface area contributed by atoms with Gasteiger partial charge in [0.2, 0.25) is 0 Å². The monoisotopic (exact) mass is 328 g/mol. The van der Waals surface area contributed by atoms with Gasteiger partial charge in [-0.15, -0.1) is 0 Å². The van der Waals surface area contributed by atoms with Crippen LogP contribution in [0, 0.1) is 11.7 Å². The molecule has 120 valence electrons. The third kappa shape index (κ3) is 3.96. The summed E-state index contributed by atoms with van der Waals surface area (Å²) in [5.74, 6) is -2.35. The zero-order chi connectivity index (χ0) is 16.3. The van der Waals surface area contributed by atoms with E-state index < -0.39 is 23.7 Å². The van der Waals surface area contributed by atoms with Gasteiger partial charge in [0.25, 0.3) is 0 Å². The Bertz CT molecular complexity index is 580. The zero-order valence-electron chi connectivity index (χ0n) is 12.2. The Kier molecular flexibility index (Phi) is 5.37. The third-order valence-electron chi connectivity index (χ3n) is 3.80. The maximum atomic E-state index is 13.6. The second-order valence-corrected chi connectivity index (χ2v) is 5.91. The molecule has 0 aliphatic carbocycles. The van der Waals surface area contributed by atoms with Crippen LogP contribution in [0.5, 0.6) is 0 Å². The van der Waals surface area contributed by atoms with Gasteiger partial charge in [-0.1, -0.05) is 11.6 Å². The molecule has 2 unspecified atom stereocenters. The van der Waals surface area contributed by atoms with Crippen molar-refractivity contribution in [1.29, 1.82) is 0 Å². The van der Waals surface area contributed by atoms with Gasteiger partial charge in [-0.2, -0.15) is 0 Å². The second-order valence-electron chi connectivity index (χ2n) is 5.47. The van der Waals surface area contributed by atoms with Gasteiger partial charge in [0, 0.05) is 24.0 Å². The summed E-state index contributed by atoms with van der Waals surface area (Å²) >= 11 is 5.74. The van der Waals surface area contributed by atoms with E-state index in [0.29, 0.717) is 13.1 Å². The van der Waals surface area contributed by atoms with Crippen molar-refractivity contribution in [2.75, 3.05) is 18.4 Å². The van der Waals surface area contributed by atoms with Gasteiger partial charge in [0.05, 0.1) is 11.8 Å². The molecule has 1 aromatic carbocycles. The summed E-state index contributed by atoms with van der Waals surface area (Å²) in [6, 6.07) is 3.72. The van der Waals surface area contributed by atoms with Crippen molar-refractivity contribution in [3.63, 3.8) is 0 Å². The van der Waals surface area contributed by atoms with E-state index in [-0.39, 0.29) is 16.6 Å². The van der Waals surface area contributed by atoms with Crippen LogP contribution in [-0.4, -0.2) is 41.0 Å². The van der Waals surface area contributed by atoms with E-state index in [2.05, 4.69) is 5.32 Å². The number of rotatable bonds is 2. The van der Waals surface area contributed by atoms with Crippen molar-refractivity contribution in [3.8, 4) is 0 Å². The summed E-state index contributed by atoms with van der Waals surface area (Å²) in [6.07, 6.45) is 0.996. The molecule has 0 spiro atoms. The zero-order valence-corrected chi connectivity index (χ0v) is 12.9. The minimum atomic E-state index is -0.910. The molecule has 1 aliphatic heterocycles. The van der Waals surface area contributed by atoms with Crippen LogP contribution in [0.25, 0.3) is 0 Å². The number of benzene rings is 1. The number of nitrogens with one attached hydrogen (secondary N) is 1. The van der Waals surface area contributed by atoms with Crippen molar-refractivity contribution >= 4 is 29.1 Å². The van der Waals surface area contributed by atoms with Crippen LogP contribution in [-0.2, 0) is 9.59 Å². The average molecular weight is 329 g/mol. The van der Waals surface area contributed by atoms with Gasteiger partial charge in [0.15, 0.2) is 0 Å². The van der Waals surface area contributed by atoms with E-state index in [1.54, 1.807) is 6.92 Å². The smallest absolute Gasteiger partial charge is 0.313 e. The minimum absolute atomic E-state index is 0.0478. The van der Waals surface area contributed by atoms with Gasteiger partial charge >= 0.3 is 11.8 Å². The van der Waals surface area contributed by atoms with Crippen LogP contribution in [0.2, 0.25) is 5.02 Å². The Balaban J connectivity index is 2.03. The maximum Gasteiger partial charge on any atom is 0.313 e. The number of carbonyl (C=O) groups is 2. The van der Waals surface area contributed by atoms with E-state index in [1.165, 1.54) is 17.0 Å². The van der Waals surface area contributed by atoms with Crippen molar-refractivity contribution in [1.82, 2.24) is 4.90 Å². The number of hydrogen-bond donors (Lipinski definition) is 2. The molecular weight excluding hydrogens is 311 g/mol. The Hall–Kier alpha value is -1.66. The SMILES string of the molecule is CC(O)C1CCCN(C(=O)C(=O)Nc2cc(Cl)ccc2F)C1. The number of nitrogens with zero attached hydrogens (tertiary/aromatic N) is 1. The van der Waals surface area contributed by atoms with Crippen LogP contribution < -0.4 is 5.32 Å². The average Bonchev–Trinajstić information content (AvgIpc) is 2.50. The lowest BCUT2D eigenvalue weighted by Gasteiger charge is -2.33. The van der Waals surface area contributed by atoms with Gasteiger partial charge < -0.3 is 15.3 Å². The number of aliphatic hydroxyl groups is 1. The first-order chi connectivity index (χ1) is 10.4. The second kappa shape index (κ2) is 7.07. The molecular formula is C15H18ClFN2O3. The topological polar surface area (TPSA) is 69.6 Å². The summed E-state index contributed by atoms with van der Waals surface area (Å²) in [6.45, 7) is 2.44. The highest BCUT2D eigenvalue weighted by Gasteiger charge is 2.30. The lowest BCUT2D eigenvalue weighted by molar-refractivity contribution is -0.144. The molecule has 7 heteroatoms. The predicted molar refractivity (Wildman–Crippen MR) is 81.0 cm³/mol. The largest absolute Gasteiger partial charge is 0.393 e. The lowest BCUT2D eigenvalue weighted by Crippen LogP contribution is -2.47. The lowest BCUT2D eigenvalue weighted by atomic mass is 9.93. The number of piperidine rings is 1. The minimum Gasteiger partial charge on any atom is -0.393 e.